The molecule has 7 nitrogen and oxygen atoms in total. The molecular weight excluding hydrogens is 482 g/mol. The first-order valence-corrected chi connectivity index (χ1v) is 12.2. The van der Waals surface area contributed by atoms with Gasteiger partial charge in [-0.15, -0.1) is 11.3 Å². The summed E-state index contributed by atoms with van der Waals surface area (Å²) in [6.07, 6.45) is 1.64. The first-order valence-electron chi connectivity index (χ1n) is 11.1. The number of thiophene rings is 1. The predicted octanol–water partition coefficient (Wildman–Crippen LogP) is 6.28. The highest BCUT2D eigenvalue weighted by molar-refractivity contribution is 7.21. The molecule has 0 radical (unpaired) electrons. The molecule has 0 unspecified atom stereocenters. The van der Waals surface area contributed by atoms with Crippen LogP contribution in [0.4, 0.5) is 11.6 Å². The van der Waals surface area contributed by atoms with Crippen molar-refractivity contribution < 1.29 is 14.0 Å². The number of nitrogens with zero attached hydrogens (tertiary/aromatic N) is 3. The number of carbonyl (C=O) groups is 1. The highest BCUT2D eigenvalue weighted by atomic mass is 35.5. The lowest BCUT2D eigenvalue weighted by molar-refractivity contribution is -0.779. The van der Waals surface area contributed by atoms with Gasteiger partial charge >= 0.3 is 5.88 Å². The Balaban J connectivity index is 1.63. The molecule has 0 atom stereocenters. The first-order chi connectivity index (χ1) is 16.8. The number of fused-ring (bicyclic) bond motifs is 1. The average Bonchev–Trinajstić information content (AvgIpc) is 3.44. The van der Waals surface area contributed by atoms with E-state index in [1.807, 2.05) is 75.4 Å². The minimum atomic E-state index is -0.375. The van der Waals surface area contributed by atoms with Crippen molar-refractivity contribution in [2.75, 3.05) is 11.1 Å². The molecule has 2 aromatic carbocycles. The lowest BCUT2D eigenvalue weighted by Crippen LogP contribution is -2.36. The van der Waals surface area contributed by atoms with E-state index in [1.54, 1.807) is 10.9 Å². The molecule has 0 spiro atoms. The van der Waals surface area contributed by atoms with Gasteiger partial charge in [0.25, 0.3) is 12.1 Å². The van der Waals surface area contributed by atoms with Gasteiger partial charge < -0.3 is 5.73 Å². The van der Waals surface area contributed by atoms with Crippen molar-refractivity contribution in [2.45, 2.75) is 26.8 Å². The number of nitrogens with one attached hydrogen (secondary N) is 1. The van der Waals surface area contributed by atoms with Crippen molar-refractivity contribution in [3.63, 3.8) is 0 Å². The van der Waals surface area contributed by atoms with Crippen molar-refractivity contribution in [1.82, 2.24) is 10.3 Å². The molecule has 0 aliphatic rings. The largest absolute Gasteiger partial charge is 0.397 e. The molecule has 3 aromatic heterocycles. The molecule has 3 heterocycles. The second kappa shape index (κ2) is 9.13. The Morgan fingerprint density at radius 1 is 1.11 bits per heavy atom. The number of benzene rings is 2. The summed E-state index contributed by atoms with van der Waals surface area (Å²) in [5, 5.41) is 8.07. The molecular formula is C26H23ClN5O2S+. The van der Waals surface area contributed by atoms with Crippen LogP contribution >= 0.6 is 22.9 Å². The number of aryl methyl sites for hydroxylation is 1. The van der Waals surface area contributed by atoms with Crippen LogP contribution in [0.15, 0.2) is 65.3 Å². The van der Waals surface area contributed by atoms with Crippen LogP contribution in [-0.4, -0.2) is 16.2 Å². The Kier molecular flexibility index (Phi) is 6.00. The predicted molar refractivity (Wildman–Crippen MR) is 140 cm³/mol. The summed E-state index contributed by atoms with van der Waals surface area (Å²) in [6.45, 7) is 5.97. The van der Waals surface area contributed by atoms with E-state index in [-0.39, 0.29) is 17.8 Å². The fourth-order valence-corrected chi connectivity index (χ4v) is 4.89. The van der Waals surface area contributed by atoms with Crippen LogP contribution in [0.3, 0.4) is 0 Å². The molecule has 0 aliphatic heterocycles. The van der Waals surface area contributed by atoms with Crippen molar-refractivity contribution in [3.8, 4) is 22.4 Å². The van der Waals surface area contributed by atoms with Crippen LogP contribution in [0.5, 0.6) is 0 Å². The van der Waals surface area contributed by atoms with Gasteiger partial charge in [-0.3, -0.25) is 14.6 Å². The summed E-state index contributed by atoms with van der Waals surface area (Å²) in [4.78, 5) is 19.0. The summed E-state index contributed by atoms with van der Waals surface area (Å²) in [6, 6.07) is 17.8. The lowest BCUT2D eigenvalue weighted by Gasteiger charge is -2.09. The van der Waals surface area contributed by atoms with Crippen LogP contribution in [0.25, 0.3) is 32.6 Å². The third kappa shape index (κ3) is 4.50. The molecule has 0 bridgehead atoms. The summed E-state index contributed by atoms with van der Waals surface area (Å²) >= 11 is 7.33. The topological polar surface area (TPSA) is 97.9 Å². The van der Waals surface area contributed by atoms with E-state index in [9.17, 15) is 4.79 Å². The van der Waals surface area contributed by atoms with E-state index in [0.29, 0.717) is 20.4 Å². The van der Waals surface area contributed by atoms with E-state index in [2.05, 4.69) is 10.6 Å². The van der Waals surface area contributed by atoms with Gasteiger partial charge in [0.05, 0.1) is 11.4 Å². The van der Waals surface area contributed by atoms with Crippen molar-refractivity contribution >= 4 is 50.6 Å². The monoisotopic (exact) mass is 504 g/mol. The van der Waals surface area contributed by atoms with Gasteiger partial charge in [-0.1, -0.05) is 53.6 Å². The van der Waals surface area contributed by atoms with Gasteiger partial charge in [0.15, 0.2) is 6.04 Å². The lowest BCUT2D eigenvalue weighted by atomic mass is 9.99. The van der Waals surface area contributed by atoms with E-state index in [1.165, 1.54) is 11.3 Å². The number of hydrogen-bond acceptors (Lipinski definition) is 6. The summed E-state index contributed by atoms with van der Waals surface area (Å²) in [5.74, 6) is -0.130. The molecule has 35 heavy (non-hydrogen) atoms. The summed E-state index contributed by atoms with van der Waals surface area (Å²) < 4.78 is 6.87. The van der Waals surface area contributed by atoms with Crippen LogP contribution in [0, 0.1) is 6.92 Å². The smallest absolute Gasteiger partial charge is 0.302 e. The molecule has 176 valence electrons. The Morgan fingerprint density at radius 3 is 2.46 bits per heavy atom. The Bertz CT molecular complexity index is 1540. The van der Waals surface area contributed by atoms with E-state index >= 15 is 0 Å². The molecule has 9 heteroatoms. The minimum Gasteiger partial charge on any atom is -0.397 e. The highest BCUT2D eigenvalue weighted by Gasteiger charge is 2.24. The molecule has 1 amide bonds. The summed E-state index contributed by atoms with van der Waals surface area (Å²) in [5.41, 5.74) is 11.7. The summed E-state index contributed by atoms with van der Waals surface area (Å²) in [7, 11) is 0. The van der Waals surface area contributed by atoms with Crippen molar-refractivity contribution in [2.24, 2.45) is 0 Å². The minimum absolute atomic E-state index is 0.103. The average molecular weight is 505 g/mol. The third-order valence-electron chi connectivity index (χ3n) is 5.66. The van der Waals surface area contributed by atoms with Crippen LogP contribution in [0.1, 0.15) is 35.1 Å². The number of rotatable bonds is 5. The Morgan fingerprint density at radius 2 is 1.80 bits per heavy atom. The number of nitrogens with two attached hydrogens (primary N) is 1. The van der Waals surface area contributed by atoms with Crippen LogP contribution < -0.4 is 15.7 Å². The van der Waals surface area contributed by atoms with Crippen LogP contribution in [-0.2, 0) is 0 Å². The second-order valence-electron chi connectivity index (χ2n) is 8.55. The maximum atomic E-state index is 13.1. The fourth-order valence-electron chi connectivity index (χ4n) is 3.74. The first kappa shape index (κ1) is 23.0. The second-order valence-corrected chi connectivity index (χ2v) is 9.98. The van der Waals surface area contributed by atoms with Crippen molar-refractivity contribution in [1.29, 1.82) is 0 Å². The Labute approximate surface area is 211 Å². The maximum absolute atomic E-state index is 13.1. The number of anilines is 2. The number of halogens is 1. The highest BCUT2D eigenvalue weighted by Crippen LogP contribution is 2.41. The van der Waals surface area contributed by atoms with Crippen LogP contribution in [0.2, 0.25) is 5.02 Å². The number of amides is 1. The van der Waals surface area contributed by atoms with Crippen molar-refractivity contribution in [3.05, 3.63) is 76.3 Å². The van der Waals surface area contributed by atoms with E-state index in [4.69, 9.17) is 26.8 Å². The zero-order valence-electron chi connectivity index (χ0n) is 19.4. The number of aromatic nitrogens is 3. The standard InChI is InChI=1S/C26H22ClN5O2S/c1-14(2)32-13-21(34-31-32)30-25(33)24-23(28)22-19(16-6-4-15(3)5-7-16)12-20(29-26(22)35-24)17-8-10-18(27)11-9-17/h4-14H,1-3H3,(H2-,28,30,31,33)/p+1. The number of pyridine rings is 1. The van der Waals surface area contributed by atoms with Gasteiger partial charge in [0.1, 0.15) is 9.71 Å². The fraction of sp³-hybridized carbons (Fsp3) is 0.154. The van der Waals surface area contributed by atoms with Gasteiger partial charge in [-0.2, -0.15) is 0 Å². The SMILES string of the molecule is Cc1ccc(-c2cc(-c3ccc(Cl)cc3)nc3sc(C(=O)Nc4c[n+](C(C)C)no4)c(N)c23)cc1. The quantitative estimate of drug-likeness (QED) is 0.274. The maximum Gasteiger partial charge on any atom is 0.302 e. The normalized spacial score (nSPS) is 11.3. The van der Waals surface area contributed by atoms with E-state index < -0.39 is 0 Å². The number of nitrogen functional groups attached to an aromatic ring is 1. The molecule has 3 N–H and O–H groups in total. The number of carbonyl (C=O) groups excluding carboxylic acids is 1. The Hall–Kier alpha value is -3.75. The number of hydrogen-bond donors (Lipinski definition) is 2. The zero-order valence-corrected chi connectivity index (χ0v) is 20.9. The molecule has 5 aromatic rings. The molecule has 0 saturated heterocycles. The third-order valence-corrected chi connectivity index (χ3v) is 7.01. The van der Waals surface area contributed by atoms with Gasteiger partial charge in [0.2, 0.25) is 5.27 Å². The van der Waals surface area contributed by atoms with Gasteiger partial charge in [-0.05, 0) is 54.8 Å². The molecule has 0 fully saturated rings. The van der Waals surface area contributed by atoms with Gasteiger partial charge in [-0.25, -0.2) is 4.98 Å². The van der Waals surface area contributed by atoms with E-state index in [0.717, 1.165) is 33.3 Å². The molecule has 5 rings (SSSR count). The molecule has 0 saturated carbocycles. The zero-order chi connectivity index (χ0) is 24.7. The molecule has 0 aliphatic carbocycles. The van der Waals surface area contributed by atoms with Gasteiger partial charge in [0, 0.05) is 16.0 Å².